The highest BCUT2D eigenvalue weighted by atomic mass is 15.3. The quantitative estimate of drug-likeness (QED) is 0.746. The number of anilines is 1. The maximum Gasteiger partial charge on any atom is 0.151 e. The Morgan fingerprint density at radius 3 is 2.59 bits per heavy atom. The van der Waals surface area contributed by atoms with Crippen molar-refractivity contribution in [2.75, 3.05) is 11.4 Å². The van der Waals surface area contributed by atoms with E-state index in [0.717, 1.165) is 31.0 Å². The van der Waals surface area contributed by atoms with Crippen LogP contribution in [0.25, 0.3) is 0 Å². The molecule has 2 aromatic rings. The topological polar surface area (TPSA) is 29.0 Å². The van der Waals surface area contributed by atoms with Gasteiger partial charge in [-0.2, -0.15) is 5.10 Å². The fourth-order valence-electron chi connectivity index (χ4n) is 2.25. The van der Waals surface area contributed by atoms with Crippen molar-refractivity contribution in [2.24, 2.45) is 0 Å². The number of hydrogen-bond donors (Lipinski definition) is 0. The second-order valence-corrected chi connectivity index (χ2v) is 4.47. The zero-order valence-corrected chi connectivity index (χ0v) is 9.93. The van der Waals surface area contributed by atoms with Gasteiger partial charge in [-0.25, -0.2) is 0 Å². The molecule has 0 spiro atoms. The van der Waals surface area contributed by atoms with E-state index in [0.29, 0.717) is 0 Å². The molecule has 0 fully saturated rings. The van der Waals surface area contributed by atoms with E-state index in [4.69, 9.17) is 0 Å². The summed E-state index contributed by atoms with van der Waals surface area (Å²) >= 11 is 0. The van der Waals surface area contributed by atoms with Crippen molar-refractivity contribution >= 4 is 5.82 Å². The summed E-state index contributed by atoms with van der Waals surface area (Å²) in [6.07, 6.45) is 1.09. The molecule has 3 heteroatoms. The van der Waals surface area contributed by atoms with Crippen LogP contribution in [0, 0.1) is 6.92 Å². The van der Waals surface area contributed by atoms with Crippen molar-refractivity contribution < 1.29 is 0 Å². The normalized spacial score (nSPS) is 14.5. The summed E-state index contributed by atoms with van der Waals surface area (Å²) in [5, 5.41) is 8.37. The van der Waals surface area contributed by atoms with Crippen molar-refractivity contribution in [1.82, 2.24) is 10.2 Å². The van der Waals surface area contributed by atoms with Gasteiger partial charge >= 0.3 is 0 Å². The lowest BCUT2D eigenvalue weighted by atomic mass is 10.00. The first-order valence-corrected chi connectivity index (χ1v) is 5.95. The Morgan fingerprint density at radius 2 is 1.82 bits per heavy atom. The molecule has 3 nitrogen and oxygen atoms in total. The Kier molecular flexibility index (Phi) is 2.52. The summed E-state index contributed by atoms with van der Waals surface area (Å²) in [4.78, 5) is 2.29. The molecule has 0 saturated heterocycles. The second kappa shape index (κ2) is 4.17. The lowest BCUT2D eigenvalue weighted by Gasteiger charge is -2.29. The maximum atomic E-state index is 4.25. The van der Waals surface area contributed by atoms with E-state index in [1.807, 2.05) is 13.0 Å². The SMILES string of the molecule is Cc1ccc(N2CCc3ccccc3C2)nn1. The number of rotatable bonds is 1. The van der Waals surface area contributed by atoms with Crippen LogP contribution in [0.3, 0.4) is 0 Å². The molecule has 86 valence electrons. The monoisotopic (exact) mass is 225 g/mol. The maximum absolute atomic E-state index is 4.25. The zero-order valence-electron chi connectivity index (χ0n) is 9.93. The minimum atomic E-state index is 0.938. The van der Waals surface area contributed by atoms with Crippen LogP contribution in [0.4, 0.5) is 5.82 Å². The molecular formula is C14H15N3. The summed E-state index contributed by atoms with van der Waals surface area (Å²) in [5.74, 6) is 0.977. The van der Waals surface area contributed by atoms with Crippen LogP contribution in [-0.2, 0) is 13.0 Å². The molecule has 0 bridgehead atoms. The third kappa shape index (κ3) is 2.00. The van der Waals surface area contributed by atoms with Gasteiger partial charge in [0.2, 0.25) is 0 Å². The van der Waals surface area contributed by atoms with E-state index in [-0.39, 0.29) is 0 Å². The zero-order chi connectivity index (χ0) is 11.7. The standard InChI is InChI=1S/C14H15N3/c1-11-6-7-14(16-15-11)17-9-8-12-4-2-3-5-13(12)10-17/h2-7H,8-10H2,1H3. The lowest BCUT2D eigenvalue weighted by Crippen LogP contribution is -2.31. The Balaban J connectivity index is 1.86. The van der Waals surface area contributed by atoms with Gasteiger partial charge in [0.15, 0.2) is 5.82 Å². The third-order valence-electron chi connectivity index (χ3n) is 3.24. The largest absolute Gasteiger partial charge is 0.350 e. The second-order valence-electron chi connectivity index (χ2n) is 4.47. The van der Waals surface area contributed by atoms with Gasteiger partial charge in [-0.05, 0) is 36.6 Å². The van der Waals surface area contributed by atoms with Gasteiger partial charge in [0, 0.05) is 13.1 Å². The Hall–Kier alpha value is -1.90. The average Bonchev–Trinajstić information content (AvgIpc) is 2.39. The molecule has 17 heavy (non-hydrogen) atoms. The Labute approximate surface area is 101 Å². The molecule has 0 unspecified atom stereocenters. The molecule has 1 aromatic heterocycles. The highest BCUT2D eigenvalue weighted by Crippen LogP contribution is 2.22. The first-order chi connectivity index (χ1) is 8.33. The van der Waals surface area contributed by atoms with Crippen LogP contribution in [0.15, 0.2) is 36.4 Å². The van der Waals surface area contributed by atoms with Crippen molar-refractivity contribution in [1.29, 1.82) is 0 Å². The molecule has 0 aliphatic carbocycles. The summed E-state index contributed by atoms with van der Waals surface area (Å²) < 4.78 is 0. The minimum absolute atomic E-state index is 0.938. The van der Waals surface area contributed by atoms with Gasteiger partial charge in [-0.1, -0.05) is 24.3 Å². The Morgan fingerprint density at radius 1 is 1.00 bits per heavy atom. The van der Waals surface area contributed by atoms with Crippen LogP contribution in [0.5, 0.6) is 0 Å². The van der Waals surface area contributed by atoms with E-state index >= 15 is 0 Å². The van der Waals surface area contributed by atoms with Gasteiger partial charge in [0.1, 0.15) is 0 Å². The summed E-state index contributed by atoms with van der Waals surface area (Å²) in [6, 6.07) is 12.7. The van der Waals surface area contributed by atoms with Gasteiger partial charge < -0.3 is 4.90 Å². The molecule has 0 radical (unpaired) electrons. The van der Waals surface area contributed by atoms with E-state index < -0.39 is 0 Å². The van der Waals surface area contributed by atoms with E-state index in [9.17, 15) is 0 Å². The van der Waals surface area contributed by atoms with Gasteiger partial charge in [-0.15, -0.1) is 5.10 Å². The number of hydrogen-bond acceptors (Lipinski definition) is 3. The van der Waals surface area contributed by atoms with Crippen LogP contribution in [0.2, 0.25) is 0 Å². The molecule has 0 atom stereocenters. The average molecular weight is 225 g/mol. The predicted octanol–water partition coefficient (Wildman–Crippen LogP) is 2.35. The number of aromatic nitrogens is 2. The molecule has 1 aliphatic rings. The summed E-state index contributed by atoms with van der Waals surface area (Å²) in [7, 11) is 0. The molecule has 3 rings (SSSR count). The van der Waals surface area contributed by atoms with Crippen molar-refractivity contribution in [2.45, 2.75) is 19.9 Å². The summed E-state index contributed by atoms with van der Waals surface area (Å²) in [5.41, 5.74) is 3.83. The fraction of sp³-hybridized carbons (Fsp3) is 0.286. The van der Waals surface area contributed by atoms with Crippen molar-refractivity contribution in [3.05, 3.63) is 53.2 Å². The molecule has 0 amide bonds. The van der Waals surface area contributed by atoms with Crippen LogP contribution in [-0.4, -0.2) is 16.7 Å². The molecular weight excluding hydrogens is 210 g/mol. The van der Waals surface area contributed by atoms with Crippen molar-refractivity contribution in [3.8, 4) is 0 Å². The first-order valence-electron chi connectivity index (χ1n) is 5.95. The van der Waals surface area contributed by atoms with Gasteiger partial charge in [-0.3, -0.25) is 0 Å². The molecule has 1 aliphatic heterocycles. The van der Waals surface area contributed by atoms with Crippen molar-refractivity contribution in [3.63, 3.8) is 0 Å². The number of fused-ring (bicyclic) bond motifs is 1. The van der Waals surface area contributed by atoms with Crippen LogP contribution < -0.4 is 4.90 Å². The summed E-state index contributed by atoms with van der Waals surface area (Å²) in [6.45, 7) is 3.92. The first kappa shape index (κ1) is 10.3. The lowest BCUT2D eigenvalue weighted by molar-refractivity contribution is 0.711. The van der Waals surface area contributed by atoms with Gasteiger partial charge in [0.25, 0.3) is 0 Å². The van der Waals surface area contributed by atoms with Crippen LogP contribution >= 0.6 is 0 Å². The molecule has 2 heterocycles. The fourth-order valence-corrected chi connectivity index (χ4v) is 2.25. The number of benzene rings is 1. The van der Waals surface area contributed by atoms with Gasteiger partial charge in [0.05, 0.1) is 5.69 Å². The van der Waals surface area contributed by atoms with E-state index in [1.165, 1.54) is 11.1 Å². The van der Waals surface area contributed by atoms with Crippen LogP contribution in [0.1, 0.15) is 16.8 Å². The van der Waals surface area contributed by atoms with E-state index in [1.54, 1.807) is 0 Å². The molecule has 0 N–H and O–H groups in total. The number of nitrogens with zero attached hydrogens (tertiary/aromatic N) is 3. The highest BCUT2D eigenvalue weighted by Gasteiger charge is 2.16. The van der Waals surface area contributed by atoms with E-state index in [2.05, 4.69) is 45.4 Å². The highest BCUT2D eigenvalue weighted by molar-refractivity contribution is 5.43. The third-order valence-corrected chi connectivity index (χ3v) is 3.24. The Bertz CT molecular complexity index is 519. The molecule has 0 saturated carbocycles. The number of aryl methyl sites for hydroxylation is 1. The smallest absolute Gasteiger partial charge is 0.151 e. The minimum Gasteiger partial charge on any atom is -0.350 e. The molecule has 1 aromatic carbocycles. The predicted molar refractivity (Wildman–Crippen MR) is 68.0 cm³/mol.